The van der Waals surface area contributed by atoms with Crippen molar-refractivity contribution < 1.29 is 9.47 Å². The normalized spacial score (nSPS) is 19.1. The first kappa shape index (κ1) is 10.5. The van der Waals surface area contributed by atoms with Crippen molar-refractivity contribution in [3.8, 4) is 0 Å². The molecule has 4 nitrogen and oxygen atoms in total. The monoisotopic (exact) mass is 186 g/mol. The second-order valence-corrected chi connectivity index (χ2v) is 3.05. The minimum atomic E-state index is 0.0975. The van der Waals surface area contributed by atoms with Gasteiger partial charge in [0.15, 0.2) is 0 Å². The number of rotatable bonds is 5. The molecule has 1 rings (SSSR count). The predicted octanol–water partition coefficient (Wildman–Crippen LogP) is 0.549. The molecular formula is C9H18N2O2. The summed E-state index contributed by atoms with van der Waals surface area (Å²) in [5.74, 6) is 5.42. The van der Waals surface area contributed by atoms with Crippen LogP contribution in [-0.2, 0) is 9.47 Å². The van der Waals surface area contributed by atoms with E-state index >= 15 is 0 Å². The first-order valence-corrected chi connectivity index (χ1v) is 4.73. The highest BCUT2D eigenvalue weighted by Crippen LogP contribution is 2.15. The molecule has 0 saturated carbocycles. The lowest BCUT2D eigenvalue weighted by molar-refractivity contribution is 0.125. The molecule has 0 aromatic rings. The Hall–Kier alpha value is -0.580. The van der Waals surface area contributed by atoms with Crippen LogP contribution in [0.15, 0.2) is 11.8 Å². The van der Waals surface area contributed by atoms with Gasteiger partial charge in [-0.05, 0) is 25.3 Å². The predicted molar refractivity (Wildman–Crippen MR) is 50.9 cm³/mol. The average molecular weight is 186 g/mol. The van der Waals surface area contributed by atoms with Crippen LogP contribution < -0.4 is 11.3 Å². The summed E-state index contributed by atoms with van der Waals surface area (Å²) in [6, 6.07) is 0.0975. The quantitative estimate of drug-likeness (QED) is 0.486. The maximum Gasteiger partial charge on any atom is 0.0876 e. The summed E-state index contributed by atoms with van der Waals surface area (Å²) in [6.45, 7) is 4.11. The summed E-state index contributed by atoms with van der Waals surface area (Å²) in [4.78, 5) is 0. The van der Waals surface area contributed by atoms with Gasteiger partial charge < -0.3 is 9.47 Å². The van der Waals surface area contributed by atoms with Crippen LogP contribution in [-0.4, -0.2) is 25.9 Å². The third kappa shape index (κ3) is 3.34. The number of hydrogen-bond acceptors (Lipinski definition) is 4. The van der Waals surface area contributed by atoms with E-state index < -0.39 is 0 Å². The molecule has 0 aromatic heterocycles. The molecule has 0 amide bonds. The molecule has 4 heteroatoms. The largest absolute Gasteiger partial charge is 0.501 e. The van der Waals surface area contributed by atoms with Gasteiger partial charge in [0.1, 0.15) is 0 Å². The molecule has 1 atom stereocenters. The second-order valence-electron chi connectivity index (χ2n) is 3.05. The third-order valence-corrected chi connectivity index (χ3v) is 2.10. The van der Waals surface area contributed by atoms with Crippen molar-refractivity contribution in [3.05, 3.63) is 11.8 Å². The van der Waals surface area contributed by atoms with Gasteiger partial charge in [-0.2, -0.15) is 0 Å². The summed E-state index contributed by atoms with van der Waals surface area (Å²) < 4.78 is 10.5. The first-order valence-electron chi connectivity index (χ1n) is 4.73. The fourth-order valence-corrected chi connectivity index (χ4v) is 1.34. The van der Waals surface area contributed by atoms with Crippen LogP contribution in [0, 0.1) is 0 Å². The molecule has 0 aromatic carbocycles. The Morgan fingerprint density at radius 2 is 2.62 bits per heavy atom. The zero-order valence-electron chi connectivity index (χ0n) is 8.08. The molecule has 0 radical (unpaired) electrons. The van der Waals surface area contributed by atoms with Crippen LogP contribution in [0.1, 0.15) is 19.8 Å². The van der Waals surface area contributed by atoms with Gasteiger partial charge in [0, 0.05) is 6.61 Å². The minimum Gasteiger partial charge on any atom is -0.501 e. The van der Waals surface area contributed by atoms with Gasteiger partial charge >= 0.3 is 0 Å². The van der Waals surface area contributed by atoms with Crippen LogP contribution in [0.3, 0.4) is 0 Å². The molecular weight excluding hydrogens is 168 g/mol. The molecule has 0 bridgehead atoms. The van der Waals surface area contributed by atoms with E-state index in [9.17, 15) is 0 Å². The molecule has 1 heterocycles. The van der Waals surface area contributed by atoms with Crippen molar-refractivity contribution in [2.24, 2.45) is 5.84 Å². The van der Waals surface area contributed by atoms with Crippen LogP contribution in [0.25, 0.3) is 0 Å². The molecule has 1 unspecified atom stereocenters. The van der Waals surface area contributed by atoms with Crippen molar-refractivity contribution in [3.63, 3.8) is 0 Å². The van der Waals surface area contributed by atoms with Crippen LogP contribution in [0.4, 0.5) is 0 Å². The Kier molecular flexibility index (Phi) is 4.82. The van der Waals surface area contributed by atoms with Crippen molar-refractivity contribution >= 4 is 0 Å². The first-order chi connectivity index (χ1) is 6.38. The van der Waals surface area contributed by atoms with Crippen LogP contribution in [0.5, 0.6) is 0 Å². The number of ether oxygens (including phenoxy) is 2. The molecule has 0 fully saturated rings. The van der Waals surface area contributed by atoms with Gasteiger partial charge in [-0.15, -0.1) is 0 Å². The lowest BCUT2D eigenvalue weighted by Crippen LogP contribution is -2.40. The topological polar surface area (TPSA) is 56.5 Å². The highest BCUT2D eigenvalue weighted by Gasteiger charge is 2.15. The lowest BCUT2D eigenvalue weighted by Gasteiger charge is -2.22. The summed E-state index contributed by atoms with van der Waals surface area (Å²) in [5.41, 5.74) is 3.93. The zero-order valence-corrected chi connectivity index (χ0v) is 8.08. The van der Waals surface area contributed by atoms with Crippen LogP contribution in [0.2, 0.25) is 0 Å². The molecule has 0 aliphatic carbocycles. The van der Waals surface area contributed by atoms with Crippen molar-refractivity contribution in [1.29, 1.82) is 0 Å². The van der Waals surface area contributed by atoms with Gasteiger partial charge in [0.05, 0.1) is 25.5 Å². The fraction of sp³-hybridized carbons (Fsp3) is 0.778. The van der Waals surface area contributed by atoms with Gasteiger partial charge in [-0.3, -0.25) is 11.3 Å². The maximum atomic E-state index is 5.42. The summed E-state index contributed by atoms with van der Waals surface area (Å²) >= 11 is 0. The van der Waals surface area contributed by atoms with Gasteiger partial charge in [-0.25, -0.2) is 0 Å². The van der Waals surface area contributed by atoms with Crippen molar-refractivity contribution in [2.75, 3.05) is 19.8 Å². The van der Waals surface area contributed by atoms with E-state index in [1.807, 2.05) is 6.92 Å². The minimum absolute atomic E-state index is 0.0975. The summed E-state index contributed by atoms with van der Waals surface area (Å²) in [7, 11) is 0. The second kappa shape index (κ2) is 5.96. The van der Waals surface area contributed by atoms with Gasteiger partial charge in [0.25, 0.3) is 0 Å². The Morgan fingerprint density at radius 3 is 3.15 bits per heavy atom. The Bertz CT molecular complexity index is 171. The highest BCUT2D eigenvalue weighted by molar-refractivity contribution is 5.09. The molecule has 3 N–H and O–H groups in total. The zero-order chi connectivity index (χ0) is 9.52. The van der Waals surface area contributed by atoms with Gasteiger partial charge in [-0.1, -0.05) is 0 Å². The van der Waals surface area contributed by atoms with E-state index in [0.717, 1.165) is 19.4 Å². The molecule has 76 valence electrons. The standard InChI is InChI=1S/C9H18N2O2/c1-2-12-7-9(11-10)8-4-3-5-13-6-8/h6,9,11H,2-5,7,10H2,1H3. The van der Waals surface area contributed by atoms with E-state index in [1.54, 1.807) is 6.26 Å². The molecule has 1 aliphatic heterocycles. The van der Waals surface area contributed by atoms with Crippen molar-refractivity contribution in [1.82, 2.24) is 5.43 Å². The van der Waals surface area contributed by atoms with E-state index in [1.165, 1.54) is 5.57 Å². The summed E-state index contributed by atoms with van der Waals surface area (Å²) in [6.07, 6.45) is 3.91. The van der Waals surface area contributed by atoms with Crippen molar-refractivity contribution in [2.45, 2.75) is 25.8 Å². The van der Waals surface area contributed by atoms with E-state index in [2.05, 4.69) is 5.43 Å². The number of hydrazine groups is 1. The smallest absolute Gasteiger partial charge is 0.0876 e. The van der Waals surface area contributed by atoms with E-state index in [4.69, 9.17) is 15.3 Å². The third-order valence-electron chi connectivity index (χ3n) is 2.10. The lowest BCUT2D eigenvalue weighted by atomic mass is 10.0. The van der Waals surface area contributed by atoms with Crippen LogP contribution >= 0.6 is 0 Å². The number of hydrogen-bond donors (Lipinski definition) is 2. The molecule has 13 heavy (non-hydrogen) atoms. The maximum absolute atomic E-state index is 5.42. The Morgan fingerprint density at radius 1 is 1.77 bits per heavy atom. The fourth-order valence-electron chi connectivity index (χ4n) is 1.34. The molecule has 1 aliphatic rings. The number of nitrogens with one attached hydrogen (secondary N) is 1. The average Bonchev–Trinajstić information content (AvgIpc) is 2.21. The summed E-state index contributed by atoms with van der Waals surface area (Å²) in [5, 5.41) is 0. The highest BCUT2D eigenvalue weighted by atomic mass is 16.5. The molecule has 0 spiro atoms. The van der Waals surface area contributed by atoms with Gasteiger partial charge in [0.2, 0.25) is 0 Å². The SMILES string of the molecule is CCOCC(NN)C1=COCCC1. The van der Waals surface area contributed by atoms with E-state index in [0.29, 0.717) is 13.2 Å². The molecule has 0 saturated heterocycles. The Labute approximate surface area is 79.1 Å². The number of nitrogens with two attached hydrogens (primary N) is 1. The van der Waals surface area contributed by atoms with E-state index in [-0.39, 0.29) is 6.04 Å². The Balaban J connectivity index is 2.39.